The van der Waals surface area contributed by atoms with Crippen LogP contribution < -0.4 is 10.6 Å². The van der Waals surface area contributed by atoms with E-state index in [2.05, 4.69) is 41.2 Å². The molecule has 134 valence electrons. The third kappa shape index (κ3) is 4.22. The molecule has 4 nitrogen and oxygen atoms in total. The number of carbonyl (C=O) groups excluding carboxylic acids is 1. The quantitative estimate of drug-likeness (QED) is 0.813. The summed E-state index contributed by atoms with van der Waals surface area (Å²) in [5.74, 6) is 0.0691. The molecule has 0 unspecified atom stereocenters. The van der Waals surface area contributed by atoms with Crippen molar-refractivity contribution >= 4 is 18.3 Å². The van der Waals surface area contributed by atoms with Gasteiger partial charge in [-0.1, -0.05) is 30.9 Å². The fourth-order valence-corrected chi connectivity index (χ4v) is 4.03. The van der Waals surface area contributed by atoms with Crippen LogP contribution in [0.25, 0.3) is 0 Å². The van der Waals surface area contributed by atoms with Crippen molar-refractivity contribution in [1.82, 2.24) is 15.2 Å². The van der Waals surface area contributed by atoms with Gasteiger partial charge in [0.05, 0.1) is 5.56 Å². The van der Waals surface area contributed by atoms with E-state index in [1.165, 1.54) is 43.4 Å². The van der Waals surface area contributed by atoms with E-state index in [1.807, 2.05) is 0 Å². The summed E-state index contributed by atoms with van der Waals surface area (Å²) in [7, 11) is 0. The summed E-state index contributed by atoms with van der Waals surface area (Å²) in [4.78, 5) is 12.6. The molecule has 0 spiro atoms. The highest BCUT2D eigenvalue weighted by atomic mass is 35.5. The van der Waals surface area contributed by atoms with E-state index >= 15 is 0 Å². The minimum absolute atomic E-state index is 0. The van der Waals surface area contributed by atoms with Crippen LogP contribution in [0.2, 0.25) is 0 Å². The Bertz CT molecular complexity index is 600. The van der Waals surface area contributed by atoms with Crippen molar-refractivity contribution in [2.75, 3.05) is 19.6 Å². The highest BCUT2D eigenvalue weighted by Crippen LogP contribution is 2.32. The molecule has 0 bridgehead atoms. The summed E-state index contributed by atoms with van der Waals surface area (Å²) in [6, 6.07) is 2.65. The zero-order valence-electron chi connectivity index (χ0n) is 14.9. The van der Waals surface area contributed by atoms with Crippen LogP contribution in [0, 0.1) is 13.8 Å². The Hall–Kier alpha value is -1.26. The van der Waals surface area contributed by atoms with Crippen molar-refractivity contribution in [3.8, 4) is 0 Å². The molecular formula is C19H30ClN3O. The molecule has 1 aliphatic carbocycles. The van der Waals surface area contributed by atoms with Crippen molar-refractivity contribution in [3.05, 3.63) is 34.7 Å². The van der Waals surface area contributed by atoms with Gasteiger partial charge in [0.25, 0.3) is 5.91 Å². The first kappa shape index (κ1) is 19.1. The van der Waals surface area contributed by atoms with E-state index in [1.54, 1.807) is 0 Å². The molecule has 24 heavy (non-hydrogen) atoms. The fourth-order valence-electron chi connectivity index (χ4n) is 4.03. The van der Waals surface area contributed by atoms with Crippen molar-refractivity contribution in [2.45, 2.75) is 58.4 Å². The SMILES string of the molecule is Cc1cc(C(=O)NCC2=CCNCC2)c(C)n1C1CCCCC1.Cl. The highest BCUT2D eigenvalue weighted by molar-refractivity contribution is 5.95. The minimum atomic E-state index is 0. The van der Waals surface area contributed by atoms with Gasteiger partial charge in [-0.15, -0.1) is 12.4 Å². The normalized spacial score (nSPS) is 18.7. The van der Waals surface area contributed by atoms with Gasteiger partial charge in [-0.05, 0) is 45.7 Å². The fraction of sp³-hybridized carbons (Fsp3) is 0.632. The molecule has 0 atom stereocenters. The van der Waals surface area contributed by atoms with Crippen LogP contribution in [0.4, 0.5) is 0 Å². The van der Waals surface area contributed by atoms with Crippen LogP contribution in [-0.2, 0) is 0 Å². The number of amides is 1. The number of carbonyl (C=O) groups is 1. The minimum Gasteiger partial charge on any atom is -0.348 e. The van der Waals surface area contributed by atoms with E-state index in [-0.39, 0.29) is 18.3 Å². The van der Waals surface area contributed by atoms with E-state index < -0.39 is 0 Å². The second kappa shape index (κ2) is 8.72. The maximum absolute atomic E-state index is 12.6. The Morgan fingerprint density at radius 2 is 2.04 bits per heavy atom. The summed E-state index contributed by atoms with van der Waals surface area (Å²) in [5.41, 5.74) is 4.53. The van der Waals surface area contributed by atoms with E-state index in [4.69, 9.17) is 0 Å². The van der Waals surface area contributed by atoms with Crippen molar-refractivity contribution < 1.29 is 4.79 Å². The Balaban J connectivity index is 0.00000208. The standard InChI is InChI=1S/C19H29N3O.ClH/c1-14-12-18(15(2)22(14)17-6-4-3-5-7-17)19(23)21-13-16-8-10-20-11-9-16;/h8,12,17,20H,3-7,9-11,13H2,1-2H3,(H,21,23);1H. The maximum atomic E-state index is 12.6. The largest absolute Gasteiger partial charge is 0.348 e. The number of nitrogens with one attached hydrogen (secondary N) is 2. The smallest absolute Gasteiger partial charge is 0.253 e. The van der Waals surface area contributed by atoms with Gasteiger partial charge in [0.15, 0.2) is 0 Å². The summed E-state index contributed by atoms with van der Waals surface area (Å²) in [6.07, 6.45) is 9.69. The Labute approximate surface area is 151 Å². The van der Waals surface area contributed by atoms with Crippen LogP contribution in [0.1, 0.15) is 66.3 Å². The molecule has 0 saturated heterocycles. The molecule has 1 saturated carbocycles. The average Bonchev–Trinajstić information content (AvgIpc) is 2.89. The predicted molar refractivity (Wildman–Crippen MR) is 101 cm³/mol. The first-order valence-electron chi connectivity index (χ1n) is 9.02. The molecule has 1 fully saturated rings. The number of hydrogen-bond acceptors (Lipinski definition) is 2. The van der Waals surface area contributed by atoms with Gasteiger partial charge < -0.3 is 15.2 Å². The summed E-state index contributed by atoms with van der Waals surface area (Å²) in [5, 5.41) is 6.40. The third-order valence-corrected chi connectivity index (χ3v) is 5.30. The Morgan fingerprint density at radius 3 is 2.71 bits per heavy atom. The van der Waals surface area contributed by atoms with Crippen molar-refractivity contribution in [3.63, 3.8) is 0 Å². The number of rotatable bonds is 4. The number of aryl methyl sites for hydroxylation is 1. The molecule has 0 radical (unpaired) electrons. The second-order valence-corrected chi connectivity index (χ2v) is 6.95. The number of nitrogens with zero attached hydrogens (tertiary/aromatic N) is 1. The van der Waals surface area contributed by atoms with Gasteiger partial charge in [-0.3, -0.25) is 4.79 Å². The van der Waals surface area contributed by atoms with Gasteiger partial charge in [-0.25, -0.2) is 0 Å². The molecule has 2 N–H and O–H groups in total. The monoisotopic (exact) mass is 351 g/mol. The van der Waals surface area contributed by atoms with Gasteiger partial charge >= 0.3 is 0 Å². The lowest BCUT2D eigenvalue weighted by molar-refractivity contribution is 0.0955. The molecule has 1 amide bonds. The summed E-state index contributed by atoms with van der Waals surface area (Å²) in [6.45, 7) is 6.83. The van der Waals surface area contributed by atoms with Crippen LogP contribution >= 0.6 is 12.4 Å². The molecule has 2 aliphatic rings. The third-order valence-electron chi connectivity index (χ3n) is 5.30. The van der Waals surface area contributed by atoms with Crippen LogP contribution in [-0.4, -0.2) is 30.1 Å². The Kier molecular flexibility index (Phi) is 6.93. The summed E-state index contributed by atoms with van der Waals surface area (Å²) < 4.78 is 2.40. The van der Waals surface area contributed by atoms with Gasteiger partial charge in [0, 0.05) is 30.5 Å². The van der Waals surface area contributed by atoms with Gasteiger partial charge in [0.2, 0.25) is 0 Å². The average molecular weight is 352 g/mol. The molecule has 1 aromatic rings. The Morgan fingerprint density at radius 1 is 1.29 bits per heavy atom. The molecular weight excluding hydrogens is 322 g/mol. The zero-order valence-corrected chi connectivity index (χ0v) is 15.7. The lowest BCUT2D eigenvalue weighted by atomic mass is 9.95. The number of aromatic nitrogens is 1. The highest BCUT2D eigenvalue weighted by Gasteiger charge is 2.22. The summed E-state index contributed by atoms with van der Waals surface area (Å²) >= 11 is 0. The first-order valence-corrected chi connectivity index (χ1v) is 9.02. The molecule has 1 aliphatic heterocycles. The van der Waals surface area contributed by atoms with E-state index in [9.17, 15) is 4.79 Å². The van der Waals surface area contributed by atoms with Gasteiger partial charge in [-0.2, -0.15) is 0 Å². The van der Waals surface area contributed by atoms with Crippen LogP contribution in [0.3, 0.4) is 0 Å². The molecule has 5 heteroatoms. The second-order valence-electron chi connectivity index (χ2n) is 6.95. The van der Waals surface area contributed by atoms with Crippen molar-refractivity contribution in [1.29, 1.82) is 0 Å². The molecule has 1 aromatic heterocycles. The topological polar surface area (TPSA) is 46.1 Å². The van der Waals surface area contributed by atoms with Crippen LogP contribution in [0.15, 0.2) is 17.7 Å². The molecule has 0 aromatic carbocycles. The van der Waals surface area contributed by atoms with E-state index in [0.29, 0.717) is 12.6 Å². The van der Waals surface area contributed by atoms with Crippen LogP contribution in [0.5, 0.6) is 0 Å². The lowest BCUT2D eigenvalue weighted by Crippen LogP contribution is -2.30. The lowest BCUT2D eigenvalue weighted by Gasteiger charge is -2.26. The number of hydrogen-bond donors (Lipinski definition) is 2. The zero-order chi connectivity index (χ0) is 16.2. The van der Waals surface area contributed by atoms with Crippen molar-refractivity contribution in [2.24, 2.45) is 0 Å². The first-order chi connectivity index (χ1) is 11.2. The molecule has 3 rings (SSSR count). The van der Waals surface area contributed by atoms with Gasteiger partial charge in [0.1, 0.15) is 0 Å². The number of halogens is 1. The maximum Gasteiger partial charge on any atom is 0.253 e. The molecule has 2 heterocycles. The van der Waals surface area contributed by atoms with E-state index in [0.717, 1.165) is 30.8 Å². The predicted octanol–water partition coefficient (Wildman–Crippen LogP) is 3.68.